The maximum Gasteiger partial charge on any atom is 0.0998 e. The van der Waals surface area contributed by atoms with Crippen LogP contribution in [0.1, 0.15) is 29.8 Å². The van der Waals surface area contributed by atoms with Crippen LogP contribution in [0.2, 0.25) is 0 Å². The first-order chi connectivity index (χ1) is 12.3. The second-order valence-electron chi connectivity index (χ2n) is 6.63. The van der Waals surface area contributed by atoms with Crippen LogP contribution in [0.4, 0.5) is 0 Å². The molecule has 4 rings (SSSR count). The Hall–Kier alpha value is -2.83. The molecular formula is C22H21N3. The number of aromatic nitrogens is 1. The zero-order valence-electron chi connectivity index (χ0n) is 14.4. The van der Waals surface area contributed by atoms with Crippen LogP contribution in [-0.4, -0.2) is 16.0 Å². The van der Waals surface area contributed by atoms with Crippen molar-refractivity contribution in [2.24, 2.45) is 0 Å². The summed E-state index contributed by atoms with van der Waals surface area (Å²) < 4.78 is 2.35. The van der Waals surface area contributed by atoms with Crippen molar-refractivity contribution >= 4 is 0 Å². The number of nitriles is 1. The van der Waals surface area contributed by atoms with Gasteiger partial charge in [0.25, 0.3) is 0 Å². The lowest BCUT2D eigenvalue weighted by molar-refractivity contribution is 0.161. The lowest BCUT2D eigenvalue weighted by Gasteiger charge is -2.35. The fraction of sp³-hybridized carbons (Fsp3) is 0.227. The summed E-state index contributed by atoms with van der Waals surface area (Å²) in [6.45, 7) is 5.36. The van der Waals surface area contributed by atoms with Crippen LogP contribution in [0.25, 0.3) is 11.1 Å². The molecule has 0 radical (unpaired) electrons. The lowest BCUT2D eigenvalue weighted by atomic mass is 9.99. The second-order valence-corrected chi connectivity index (χ2v) is 6.63. The van der Waals surface area contributed by atoms with Crippen LogP contribution in [0, 0.1) is 11.3 Å². The van der Waals surface area contributed by atoms with Gasteiger partial charge in [-0.3, -0.25) is 4.90 Å². The average molecular weight is 327 g/mol. The quantitative estimate of drug-likeness (QED) is 0.704. The molecule has 0 saturated heterocycles. The molecule has 2 aromatic carbocycles. The summed E-state index contributed by atoms with van der Waals surface area (Å²) in [4.78, 5) is 2.52. The summed E-state index contributed by atoms with van der Waals surface area (Å²) in [5, 5.41) is 9.28. The van der Waals surface area contributed by atoms with Gasteiger partial charge in [0.2, 0.25) is 0 Å². The molecule has 0 amide bonds. The van der Waals surface area contributed by atoms with Crippen LogP contribution in [0.3, 0.4) is 0 Å². The molecule has 2 heterocycles. The number of hydrogen-bond acceptors (Lipinski definition) is 2. The van der Waals surface area contributed by atoms with Gasteiger partial charge in [-0.2, -0.15) is 5.26 Å². The van der Waals surface area contributed by atoms with E-state index in [1.807, 2.05) is 24.3 Å². The smallest absolute Gasteiger partial charge is 0.0998 e. The largest absolute Gasteiger partial charge is 0.349 e. The van der Waals surface area contributed by atoms with Crippen molar-refractivity contribution in [2.45, 2.75) is 26.1 Å². The van der Waals surface area contributed by atoms with Gasteiger partial charge in [-0.1, -0.05) is 42.5 Å². The van der Waals surface area contributed by atoms with E-state index in [0.29, 0.717) is 6.04 Å². The van der Waals surface area contributed by atoms with Crippen LogP contribution >= 0.6 is 0 Å². The van der Waals surface area contributed by atoms with E-state index in [1.54, 1.807) is 0 Å². The molecule has 0 N–H and O–H groups in total. The van der Waals surface area contributed by atoms with E-state index < -0.39 is 0 Å². The normalized spacial score (nSPS) is 17.0. The fourth-order valence-corrected chi connectivity index (χ4v) is 3.70. The lowest BCUT2D eigenvalue weighted by Crippen LogP contribution is -2.35. The Bertz CT molecular complexity index is 915. The van der Waals surface area contributed by atoms with Crippen LogP contribution in [-0.2, 0) is 13.1 Å². The molecule has 3 heteroatoms. The topological polar surface area (TPSA) is 32.0 Å². The van der Waals surface area contributed by atoms with E-state index >= 15 is 0 Å². The molecule has 3 nitrogen and oxygen atoms in total. The highest BCUT2D eigenvalue weighted by atomic mass is 15.2. The SMILES string of the molecule is CC1c2cccn2CCN1Cc1ccc(-c2ccccc2C#N)cc1. The first kappa shape index (κ1) is 15.7. The molecular weight excluding hydrogens is 306 g/mol. The molecule has 0 fully saturated rings. The zero-order chi connectivity index (χ0) is 17.2. The fourth-order valence-electron chi connectivity index (χ4n) is 3.70. The highest BCUT2D eigenvalue weighted by Gasteiger charge is 2.23. The van der Waals surface area contributed by atoms with E-state index in [0.717, 1.165) is 36.3 Å². The van der Waals surface area contributed by atoms with Gasteiger partial charge in [0.1, 0.15) is 0 Å². The highest BCUT2D eigenvalue weighted by molar-refractivity contribution is 5.70. The van der Waals surface area contributed by atoms with Gasteiger partial charge in [-0.05, 0) is 41.8 Å². The predicted octanol–water partition coefficient (Wildman–Crippen LogP) is 4.60. The summed E-state index contributed by atoms with van der Waals surface area (Å²) >= 11 is 0. The summed E-state index contributed by atoms with van der Waals surface area (Å²) in [5.74, 6) is 0. The van der Waals surface area contributed by atoms with Crippen molar-refractivity contribution in [3.63, 3.8) is 0 Å². The Morgan fingerprint density at radius 1 is 1.00 bits per heavy atom. The zero-order valence-corrected chi connectivity index (χ0v) is 14.4. The third kappa shape index (κ3) is 2.97. The predicted molar refractivity (Wildman–Crippen MR) is 99.9 cm³/mol. The molecule has 1 aliphatic rings. The van der Waals surface area contributed by atoms with Crippen molar-refractivity contribution < 1.29 is 0 Å². The van der Waals surface area contributed by atoms with Crippen molar-refractivity contribution in [1.82, 2.24) is 9.47 Å². The molecule has 3 aromatic rings. The van der Waals surface area contributed by atoms with Gasteiger partial charge >= 0.3 is 0 Å². The van der Waals surface area contributed by atoms with E-state index in [2.05, 4.69) is 65.1 Å². The number of hydrogen-bond donors (Lipinski definition) is 0. The Morgan fingerprint density at radius 2 is 1.80 bits per heavy atom. The van der Waals surface area contributed by atoms with Gasteiger partial charge < -0.3 is 4.57 Å². The van der Waals surface area contributed by atoms with Crippen LogP contribution in [0.5, 0.6) is 0 Å². The molecule has 0 aliphatic carbocycles. The molecule has 124 valence electrons. The van der Waals surface area contributed by atoms with Gasteiger partial charge in [-0.25, -0.2) is 0 Å². The monoisotopic (exact) mass is 327 g/mol. The number of benzene rings is 2. The van der Waals surface area contributed by atoms with Crippen molar-refractivity contribution in [3.8, 4) is 17.2 Å². The Morgan fingerprint density at radius 3 is 2.60 bits per heavy atom. The molecule has 1 aliphatic heterocycles. The number of fused-ring (bicyclic) bond motifs is 1. The van der Waals surface area contributed by atoms with Crippen molar-refractivity contribution in [3.05, 3.63) is 83.7 Å². The first-order valence-corrected chi connectivity index (χ1v) is 8.74. The van der Waals surface area contributed by atoms with Gasteiger partial charge in [-0.15, -0.1) is 0 Å². The van der Waals surface area contributed by atoms with Gasteiger partial charge in [0.05, 0.1) is 11.6 Å². The average Bonchev–Trinajstić information content (AvgIpc) is 3.14. The minimum atomic E-state index is 0.433. The summed E-state index contributed by atoms with van der Waals surface area (Å²) in [6.07, 6.45) is 2.17. The van der Waals surface area contributed by atoms with Crippen LogP contribution in [0.15, 0.2) is 66.9 Å². The summed E-state index contributed by atoms with van der Waals surface area (Å²) in [5.41, 5.74) is 5.53. The summed E-state index contributed by atoms with van der Waals surface area (Å²) in [7, 11) is 0. The molecule has 25 heavy (non-hydrogen) atoms. The van der Waals surface area contributed by atoms with Crippen LogP contribution < -0.4 is 0 Å². The minimum Gasteiger partial charge on any atom is -0.349 e. The third-order valence-electron chi connectivity index (χ3n) is 5.17. The Kier molecular flexibility index (Phi) is 4.13. The van der Waals surface area contributed by atoms with Gasteiger partial charge in [0.15, 0.2) is 0 Å². The standard InChI is InChI=1S/C22H21N3/c1-17-22-7-4-12-24(22)13-14-25(17)16-18-8-10-19(11-9-18)21-6-3-2-5-20(21)15-23/h2-12,17H,13-14,16H2,1H3. The van der Waals surface area contributed by atoms with E-state index in [1.165, 1.54) is 11.3 Å². The Labute approximate surface area is 148 Å². The van der Waals surface area contributed by atoms with E-state index in [9.17, 15) is 5.26 Å². The van der Waals surface area contributed by atoms with Gasteiger partial charge in [0, 0.05) is 37.6 Å². The first-order valence-electron chi connectivity index (χ1n) is 8.74. The Balaban J connectivity index is 1.53. The summed E-state index contributed by atoms with van der Waals surface area (Å²) in [6, 6.07) is 23.5. The molecule has 1 atom stereocenters. The van der Waals surface area contributed by atoms with Crippen molar-refractivity contribution in [1.29, 1.82) is 5.26 Å². The van der Waals surface area contributed by atoms with Crippen molar-refractivity contribution in [2.75, 3.05) is 6.54 Å². The number of nitrogens with zero attached hydrogens (tertiary/aromatic N) is 3. The molecule has 0 saturated carbocycles. The minimum absolute atomic E-state index is 0.433. The highest BCUT2D eigenvalue weighted by Crippen LogP contribution is 2.28. The molecule has 1 aromatic heterocycles. The molecule has 0 spiro atoms. The van der Waals surface area contributed by atoms with E-state index in [-0.39, 0.29) is 0 Å². The number of rotatable bonds is 3. The maximum absolute atomic E-state index is 9.28. The molecule has 1 unspecified atom stereocenters. The maximum atomic E-state index is 9.28. The second kappa shape index (κ2) is 6.58. The molecule has 0 bridgehead atoms. The van der Waals surface area contributed by atoms with E-state index in [4.69, 9.17) is 0 Å². The third-order valence-corrected chi connectivity index (χ3v) is 5.17.